The van der Waals surface area contributed by atoms with E-state index in [9.17, 15) is 14.4 Å². The zero-order valence-corrected chi connectivity index (χ0v) is 18.7. The SMILES string of the molecule is CCCCOc1ccc(/C=C2\SC(=O)N(CC(=O)N3CCOCC3)C2=O)cc1OCC. The number of carbonyl (C=O) groups is 3. The standard InChI is InChI=1S/C22H28N2O6S/c1-3-5-10-30-17-7-6-16(13-18(17)29-4-2)14-19-21(26)24(22(27)31-19)15-20(25)23-8-11-28-12-9-23/h6-7,13-14H,3-5,8-12,15H2,1-2H3/b19-14-. The van der Waals surface area contributed by atoms with Crippen LogP contribution in [0.25, 0.3) is 6.08 Å². The number of benzene rings is 1. The average Bonchev–Trinajstić information content (AvgIpc) is 3.03. The number of thioether (sulfide) groups is 1. The lowest BCUT2D eigenvalue weighted by Crippen LogP contribution is -2.46. The number of nitrogens with zero attached hydrogens (tertiary/aromatic N) is 2. The van der Waals surface area contributed by atoms with Gasteiger partial charge in [0.25, 0.3) is 11.1 Å². The molecule has 2 aliphatic rings. The van der Waals surface area contributed by atoms with Gasteiger partial charge in [0.2, 0.25) is 5.91 Å². The van der Waals surface area contributed by atoms with Crippen molar-refractivity contribution in [3.63, 3.8) is 0 Å². The van der Waals surface area contributed by atoms with Gasteiger partial charge in [0.05, 0.1) is 31.3 Å². The van der Waals surface area contributed by atoms with Crippen molar-refractivity contribution in [1.29, 1.82) is 0 Å². The first-order chi connectivity index (χ1) is 15.0. The molecule has 9 heteroatoms. The molecule has 168 valence electrons. The summed E-state index contributed by atoms with van der Waals surface area (Å²) in [6.07, 6.45) is 3.62. The molecule has 3 rings (SSSR count). The Hall–Kier alpha value is -2.52. The van der Waals surface area contributed by atoms with E-state index in [1.807, 2.05) is 13.0 Å². The van der Waals surface area contributed by atoms with Crippen LogP contribution in [-0.4, -0.2) is 72.9 Å². The van der Waals surface area contributed by atoms with Crippen molar-refractivity contribution in [3.05, 3.63) is 28.7 Å². The van der Waals surface area contributed by atoms with Gasteiger partial charge in [-0.05, 0) is 48.9 Å². The number of carbonyl (C=O) groups excluding carboxylic acids is 3. The second kappa shape index (κ2) is 11.2. The van der Waals surface area contributed by atoms with Crippen LogP contribution in [0.3, 0.4) is 0 Å². The van der Waals surface area contributed by atoms with Crippen LogP contribution in [0.1, 0.15) is 32.3 Å². The molecule has 0 aromatic heterocycles. The van der Waals surface area contributed by atoms with Crippen molar-refractivity contribution in [3.8, 4) is 11.5 Å². The first kappa shape index (κ1) is 23.1. The molecule has 0 unspecified atom stereocenters. The quantitative estimate of drug-likeness (QED) is 0.424. The van der Waals surface area contributed by atoms with Gasteiger partial charge in [-0.3, -0.25) is 19.3 Å². The monoisotopic (exact) mass is 448 g/mol. The minimum absolute atomic E-state index is 0.251. The Bertz CT molecular complexity index is 850. The fourth-order valence-electron chi connectivity index (χ4n) is 3.16. The van der Waals surface area contributed by atoms with Crippen molar-refractivity contribution in [2.45, 2.75) is 26.7 Å². The maximum Gasteiger partial charge on any atom is 0.294 e. The Labute approximate surface area is 186 Å². The van der Waals surface area contributed by atoms with Gasteiger partial charge in [0.15, 0.2) is 11.5 Å². The van der Waals surface area contributed by atoms with E-state index in [1.54, 1.807) is 23.1 Å². The van der Waals surface area contributed by atoms with Crippen LogP contribution in [0.15, 0.2) is 23.1 Å². The summed E-state index contributed by atoms with van der Waals surface area (Å²) in [5.41, 5.74) is 0.719. The minimum Gasteiger partial charge on any atom is -0.490 e. The second-order valence-corrected chi connectivity index (χ2v) is 8.10. The van der Waals surface area contributed by atoms with Crippen LogP contribution < -0.4 is 9.47 Å². The topological polar surface area (TPSA) is 85.4 Å². The van der Waals surface area contributed by atoms with Crippen molar-refractivity contribution >= 4 is 34.9 Å². The van der Waals surface area contributed by atoms with Crippen LogP contribution in [0.4, 0.5) is 4.79 Å². The third-order valence-electron chi connectivity index (χ3n) is 4.85. The van der Waals surface area contributed by atoms with Crippen LogP contribution in [-0.2, 0) is 14.3 Å². The maximum absolute atomic E-state index is 12.8. The number of amides is 3. The Balaban J connectivity index is 1.71. The first-order valence-electron chi connectivity index (χ1n) is 10.5. The molecule has 2 aliphatic heterocycles. The third-order valence-corrected chi connectivity index (χ3v) is 5.76. The van der Waals surface area contributed by atoms with Crippen LogP contribution >= 0.6 is 11.8 Å². The van der Waals surface area contributed by atoms with Crippen molar-refractivity contribution in [2.75, 3.05) is 46.1 Å². The average molecular weight is 449 g/mol. The molecular formula is C22H28N2O6S. The smallest absolute Gasteiger partial charge is 0.294 e. The van der Waals surface area contributed by atoms with Crippen molar-refractivity contribution < 1.29 is 28.6 Å². The molecule has 0 aliphatic carbocycles. The molecule has 0 saturated carbocycles. The fraction of sp³-hybridized carbons (Fsp3) is 0.500. The molecule has 0 spiro atoms. The summed E-state index contributed by atoms with van der Waals surface area (Å²) >= 11 is 0.837. The number of unbranched alkanes of at least 4 members (excludes halogenated alkanes) is 1. The summed E-state index contributed by atoms with van der Waals surface area (Å²) in [6.45, 7) is 6.68. The van der Waals surface area contributed by atoms with Gasteiger partial charge in [0, 0.05) is 13.1 Å². The van der Waals surface area contributed by atoms with E-state index in [0.29, 0.717) is 51.0 Å². The fourth-order valence-corrected chi connectivity index (χ4v) is 4.00. The molecule has 8 nitrogen and oxygen atoms in total. The largest absolute Gasteiger partial charge is 0.490 e. The van der Waals surface area contributed by atoms with E-state index in [1.165, 1.54) is 0 Å². The molecule has 1 aromatic carbocycles. The Kier molecular flexibility index (Phi) is 8.36. The predicted octanol–water partition coefficient (Wildman–Crippen LogP) is 3.16. The van der Waals surface area contributed by atoms with Crippen LogP contribution in [0.2, 0.25) is 0 Å². The number of hydrogen-bond donors (Lipinski definition) is 0. The molecule has 0 atom stereocenters. The minimum atomic E-state index is -0.460. The van der Waals surface area contributed by atoms with E-state index < -0.39 is 11.1 Å². The van der Waals surface area contributed by atoms with E-state index >= 15 is 0 Å². The summed E-state index contributed by atoms with van der Waals surface area (Å²) in [4.78, 5) is 40.4. The van der Waals surface area contributed by atoms with E-state index in [0.717, 1.165) is 35.1 Å². The molecular weight excluding hydrogens is 420 g/mol. The summed E-state index contributed by atoms with van der Waals surface area (Å²) in [5.74, 6) is 0.530. The van der Waals surface area contributed by atoms with Crippen molar-refractivity contribution in [1.82, 2.24) is 9.80 Å². The summed E-state index contributed by atoms with van der Waals surface area (Å²) in [5, 5.41) is -0.442. The van der Waals surface area contributed by atoms with Crippen LogP contribution in [0.5, 0.6) is 11.5 Å². The number of imide groups is 1. The lowest BCUT2D eigenvalue weighted by Gasteiger charge is -2.28. The molecule has 2 saturated heterocycles. The van der Waals surface area contributed by atoms with E-state index in [-0.39, 0.29) is 17.4 Å². The molecule has 0 bridgehead atoms. The zero-order chi connectivity index (χ0) is 22.2. The number of ether oxygens (including phenoxy) is 3. The number of morpholine rings is 1. The molecule has 2 heterocycles. The lowest BCUT2D eigenvalue weighted by atomic mass is 10.2. The third kappa shape index (κ3) is 6.01. The van der Waals surface area contributed by atoms with Gasteiger partial charge in [-0.25, -0.2) is 0 Å². The number of hydrogen-bond acceptors (Lipinski definition) is 7. The molecule has 3 amide bonds. The Morgan fingerprint density at radius 3 is 2.65 bits per heavy atom. The highest BCUT2D eigenvalue weighted by Crippen LogP contribution is 2.34. The summed E-state index contributed by atoms with van der Waals surface area (Å²) in [7, 11) is 0. The highest BCUT2D eigenvalue weighted by molar-refractivity contribution is 8.18. The summed E-state index contributed by atoms with van der Waals surface area (Å²) in [6, 6.07) is 5.41. The zero-order valence-electron chi connectivity index (χ0n) is 17.9. The Morgan fingerprint density at radius 1 is 1.16 bits per heavy atom. The Morgan fingerprint density at radius 2 is 1.94 bits per heavy atom. The van der Waals surface area contributed by atoms with Gasteiger partial charge < -0.3 is 19.1 Å². The maximum atomic E-state index is 12.8. The van der Waals surface area contributed by atoms with Crippen molar-refractivity contribution in [2.24, 2.45) is 0 Å². The predicted molar refractivity (Wildman–Crippen MR) is 118 cm³/mol. The normalized spacial score (nSPS) is 18.1. The highest BCUT2D eigenvalue weighted by Gasteiger charge is 2.37. The lowest BCUT2D eigenvalue weighted by molar-refractivity contribution is -0.139. The van der Waals surface area contributed by atoms with Gasteiger partial charge in [0.1, 0.15) is 6.54 Å². The van der Waals surface area contributed by atoms with Gasteiger partial charge in [-0.15, -0.1) is 0 Å². The molecule has 0 N–H and O–H groups in total. The second-order valence-electron chi connectivity index (χ2n) is 7.10. The van der Waals surface area contributed by atoms with Gasteiger partial charge in [-0.1, -0.05) is 19.4 Å². The first-order valence-corrected chi connectivity index (χ1v) is 11.4. The summed E-state index contributed by atoms with van der Waals surface area (Å²) < 4.78 is 16.7. The van der Waals surface area contributed by atoms with Gasteiger partial charge in [-0.2, -0.15) is 0 Å². The van der Waals surface area contributed by atoms with E-state index in [4.69, 9.17) is 14.2 Å². The molecule has 1 aromatic rings. The highest BCUT2D eigenvalue weighted by atomic mass is 32.2. The number of rotatable bonds is 9. The van der Waals surface area contributed by atoms with Gasteiger partial charge >= 0.3 is 0 Å². The van der Waals surface area contributed by atoms with Crippen LogP contribution in [0, 0.1) is 0 Å². The molecule has 2 fully saturated rings. The molecule has 0 radical (unpaired) electrons. The van der Waals surface area contributed by atoms with E-state index in [2.05, 4.69) is 6.92 Å². The molecule has 31 heavy (non-hydrogen) atoms.